The van der Waals surface area contributed by atoms with E-state index in [0.717, 1.165) is 29.0 Å². The molecule has 0 bridgehead atoms. The van der Waals surface area contributed by atoms with E-state index in [-0.39, 0.29) is 0 Å². The number of sulfonamides is 1. The Hall–Kier alpha value is -1.25. The number of aryl methyl sites for hydroxylation is 3. The van der Waals surface area contributed by atoms with Gasteiger partial charge in [0.15, 0.2) is 5.82 Å². The highest BCUT2D eigenvalue weighted by atomic mass is 32.2. The van der Waals surface area contributed by atoms with Crippen molar-refractivity contribution >= 4 is 21.4 Å². The Kier molecular flexibility index (Phi) is 4.33. The number of hydrogen-bond donors (Lipinski definition) is 1. The van der Waals surface area contributed by atoms with Crippen molar-refractivity contribution in [1.82, 2.24) is 14.9 Å². The number of rotatable bonds is 4. The van der Waals surface area contributed by atoms with Crippen molar-refractivity contribution in [3.63, 3.8) is 0 Å². The monoisotopic (exact) mass is 355 g/mol. The molecular weight excluding hydrogens is 334 g/mol. The Morgan fingerprint density at radius 2 is 1.91 bits per heavy atom. The van der Waals surface area contributed by atoms with Crippen LogP contribution in [0.2, 0.25) is 0 Å². The van der Waals surface area contributed by atoms with Gasteiger partial charge in [-0.05, 0) is 32.8 Å². The van der Waals surface area contributed by atoms with Gasteiger partial charge in [0.05, 0.1) is 10.4 Å². The average molecular weight is 355 g/mol. The van der Waals surface area contributed by atoms with Crippen LogP contribution in [0.3, 0.4) is 0 Å². The van der Waals surface area contributed by atoms with Crippen LogP contribution in [0.1, 0.15) is 53.6 Å². The van der Waals surface area contributed by atoms with Crippen LogP contribution in [0.5, 0.6) is 0 Å². The van der Waals surface area contributed by atoms with Crippen molar-refractivity contribution < 1.29 is 12.9 Å². The van der Waals surface area contributed by atoms with Crippen LogP contribution in [-0.4, -0.2) is 18.6 Å². The standard InChI is InChI=1S/C15H21N3O3S2/c1-10-9-13(11(2)22-10)23(19,20)18-15(7-5-4-6-8-15)14-16-12(3)21-17-14/h9,18H,4-8H2,1-3H3. The molecule has 3 rings (SSSR count). The van der Waals surface area contributed by atoms with Crippen molar-refractivity contribution in [3.05, 3.63) is 27.5 Å². The summed E-state index contributed by atoms with van der Waals surface area (Å²) in [6.45, 7) is 5.46. The molecule has 23 heavy (non-hydrogen) atoms. The highest BCUT2D eigenvalue weighted by Gasteiger charge is 2.42. The molecule has 0 atom stereocenters. The number of aromatic nitrogens is 2. The summed E-state index contributed by atoms with van der Waals surface area (Å²) in [6.07, 6.45) is 4.35. The third kappa shape index (κ3) is 3.20. The lowest BCUT2D eigenvalue weighted by Crippen LogP contribution is -2.48. The lowest BCUT2D eigenvalue weighted by Gasteiger charge is -2.34. The van der Waals surface area contributed by atoms with E-state index in [2.05, 4.69) is 14.9 Å². The van der Waals surface area contributed by atoms with Crippen molar-refractivity contribution in [2.75, 3.05) is 0 Å². The Labute approximate surface area is 140 Å². The highest BCUT2D eigenvalue weighted by Crippen LogP contribution is 2.38. The first-order valence-corrected chi connectivity index (χ1v) is 10.0. The summed E-state index contributed by atoms with van der Waals surface area (Å²) in [6, 6.07) is 1.72. The Morgan fingerprint density at radius 3 is 2.43 bits per heavy atom. The van der Waals surface area contributed by atoms with Crippen LogP contribution in [0.25, 0.3) is 0 Å². The minimum Gasteiger partial charge on any atom is -0.340 e. The number of nitrogens with one attached hydrogen (secondary N) is 1. The fraction of sp³-hybridized carbons (Fsp3) is 0.600. The van der Waals surface area contributed by atoms with E-state index in [4.69, 9.17) is 4.52 Å². The van der Waals surface area contributed by atoms with Gasteiger partial charge in [0.1, 0.15) is 0 Å². The van der Waals surface area contributed by atoms with Gasteiger partial charge in [-0.15, -0.1) is 11.3 Å². The topological polar surface area (TPSA) is 85.1 Å². The third-order valence-corrected chi connectivity index (χ3v) is 7.04. The zero-order valence-corrected chi connectivity index (χ0v) is 15.2. The largest absolute Gasteiger partial charge is 0.340 e. The summed E-state index contributed by atoms with van der Waals surface area (Å²) in [5.74, 6) is 0.898. The lowest BCUT2D eigenvalue weighted by atomic mass is 9.82. The summed E-state index contributed by atoms with van der Waals surface area (Å²) in [4.78, 5) is 6.44. The summed E-state index contributed by atoms with van der Waals surface area (Å²) in [5.41, 5.74) is -0.767. The molecule has 8 heteroatoms. The molecule has 0 spiro atoms. The van der Waals surface area contributed by atoms with Gasteiger partial charge in [0.25, 0.3) is 0 Å². The zero-order valence-electron chi connectivity index (χ0n) is 13.5. The number of nitrogens with zero attached hydrogens (tertiary/aromatic N) is 2. The van der Waals surface area contributed by atoms with Crippen LogP contribution >= 0.6 is 11.3 Å². The molecule has 1 fully saturated rings. The van der Waals surface area contributed by atoms with E-state index in [9.17, 15) is 8.42 Å². The molecule has 1 aliphatic rings. The summed E-state index contributed by atoms with van der Waals surface area (Å²) >= 11 is 1.49. The summed E-state index contributed by atoms with van der Waals surface area (Å²) in [5, 5.41) is 4.01. The predicted octanol–water partition coefficient (Wildman–Crippen LogP) is 3.19. The van der Waals surface area contributed by atoms with Crippen LogP contribution in [-0.2, 0) is 15.6 Å². The van der Waals surface area contributed by atoms with Gasteiger partial charge in [0.2, 0.25) is 15.9 Å². The second-order valence-electron chi connectivity index (χ2n) is 6.16. The molecule has 2 heterocycles. The first-order valence-electron chi connectivity index (χ1n) is 7.74. The molecule has 1 aliphatic carbocycles. The molecule has 0 aliphatic heterocycles. The fourth-order valence-corrected chi connectivity index (χ4v) is 6.18. The van der Waals surface area contributed by atoms with E-state index < -0.39 is 15.6 Å². The van der Waals surface area contributed by atoms with Gasteiger partial charge >= 0.3 is 0 Å². The third-order valence-electron chi connectivity index (χ3n) is 4.28. The first-order chi connectivity index (χ1) is 10.8. The van der Waals surface area contributed by atoms with E-state index >= 15 is 0 Å². The van der Waals surface area contributed by atoms with Crippen LogP contribution in [0.4, 0.5) is 0 Å². The van der Waals surface area contributed by atoms with Crippen molar-refractivity contribution in [1.29, 1.82) is 0 Å². The van der Waals surface area contributed by atoms with E-state index in [0.29, 0.717) is 29.5 Å². The predicted molar refractivity (Wildman–Crippen MR) is 87.9 cm³/mol. The average Bonchev–Trinajstić information content (AvgIpc) is 3.06. The molecular formula is C15H21N3O3S2. The molecule has 0 radical (unpaired) electrons. The van der Waals surface area contributed by atoms with E-state index in [1.807, 2.05) is 13.8 Å². The van der Waals surface area contributed by atoms with Crippen LogP contribution in [0, 0.1) is 20.8 Å². The molecule has 2 aromatic rings. The second-order valence-corrected chi connectivity index (χ2v) is 9.27. The van der Waals surface area contributed by atoms with E-state index in [1.54, 1.807) is 13.0 Å². The number of hydrogen-bond acceptors (Lipinski definition) is 6. The molecule has 1 N–H and O–H groups in total. The van der Waals surface area contributed by atoms with E-state index in [1.165, 1.54) is 11.3 Å². The Morgan fingerprint density at radius 1 is 1.22 bits per heavy atom. The Bertz CT molecular complexity index is 802. The molecule has 0 unspecified atom stereocenters. The smallest absolute Gasteiger partial charge is 0.242 e. The van der Waals surface area contributed by atoms with Gasteiger partial charge in [-0.1, -0.05) is 24.4 Å². The van der Waals surface area contributed by atoms with Crippen molar-refractivity contribution in [2.24, 2.45) is 0 Å². The van der Waals surface area contributed by atoms with Crippen LogP contribution in [0.15, 0.2) is 15.5 Å². The molecule has 2 aromatic heterocycles. The summed E-state index contributed by atoms with van der Waals surface area (Å²) < 4.78 is 33.9. The lowest BCUT2D eigenvalue weighted by molar-refractivity contribution is 0.248. The normalized spacial score (nSPS) is 18.2. The molecule has 6 nitrogen and oxygen atoms in total. The van der Waals surface area contributed by atoms with Gasteiger partial charge in [-0.3, -0.25) is 0 Å². The first kappa shape index (κ1) is 16.6. The Balaban J connectivity index is 2.00. The quantitative estimate of drug-likeness (QED) is 0.910. The maximum Gasteiger partial charge on any atom is 0.242 e. The van der Waals surface area contributed by atoms with Crippen molar-refractivity contribution in [3.8, 4) is 0 Å². The van der Waals surface area contributed by atoms with Gasteiger partial charge in [-0.25, -0.2) is 8.42 Å². The highest BCUT2D eigenvalue weighted by molar-refractivity contribution is 7.89. The zero-order chi connectivity index (χ0) is 16.7. The van der Waals surface area contributed by atoms with Gasteiger partial charge < -0.3 is 4.52 Å². The molecule has 0 saturated heterocycles. The maximum absolute atomic E-state index is 12.9. The van der Waals surface area contributed by atoms with Crippen molar-refractivity contribution in [2.45, 2.75) is 63.3 Å². The van der Waals surface area contributed by atoms with Crippen LogP contribution < -0.4 is 4.72 Å². The molecule has 1 saturated carbocycles. The SMILES string of the molecule is Cc1nc(C2(NS(=O)(=O)c3cc(C)sc3C)CCCCC2)no1. The fourth-order valence-electron chi connectivity index (χ4n) is 3.21. The molecule has 0 amide bonds. The van der Waals surface area contributed by atoms with Gasteiger partial charge in [0, 0.05) is 16.7 Å². The maximum atomic E-state index is 12.9. The molecule has 0 aromatic carbocycles. The number of thiophene rings is 1. The molecule has 126 valence electrons. The summed E-state index contributed by atoms with van der Waals surface area (Å²) in [7, 11) is -3.63. The minimum absolute atomic E-state index is 0.352. The second kappa shape index (κ2) is 5.99. The van der Waals surface area contributed by atoms with Gasteiger partial charge in [-0.2, -0.15) is 9.71 Å². The minimum atomic E-state index is -3.63.